The van der Waals surface area contributed by atoms with Crippen LogP contribution in [0.4, 0.5) is 0 Å². The van der Waals surface area contributed by atoms with Crippen molar-refractivity contribution < 1.29 is 9.32 Å². The zero-order chi connectivity index (χ0) is 20.3. The zero-order valence-corrected chi connectivity index (χ0v) is 17.7. The second kappa shape index (κ2) is 8.70. The van der Waals surface area contributed by atoms with E-state index >= 15 is 0 Å². The van der Waals surface area contributed by atoms with Gasteiger partial charge in [0.25, 0.3) is 0 Å². The molecule has 3 heterocycles. The molecule has 0 radical (unpaired) electrons. The van der Waals surface area contributed by atoms with Crippen LogP contribution >= 0.6 is 11.3 Å². The highest BCUT2D eigenvalue weighted by molar-refractivity contribution is 7.13. The molecule has 1 atom stereocenters. The Morgan fingerprint density at radius 3 is 2.87 bits per heavy atom. The summed E-state index contributed by atoms with van der Waals surface area (Å²) in [7, 11) is 0. The lowest BCUT2D eigenvalue weighted by Crippen LogP contribution is -2.41. The van der Waals surface area contributed by atoms with Crippen LogP contribution in [0.5, 0.6) is 0 Å². The highest BCUT2D eigenvalue weighted by Crippen LogP contribution is 2.30. The molecule has 30 heavy (non-hydrogen) atoms. The summed E-state index contributed by atoms with van der Waals surface area (Å²) in [5.74, 6) is 1.58. The van der Waals surface area contributed by atoms with Gasteiger partial charge in [0, 0.05) is 5.92 Å². The molecule has 7 heteroatoms. The van der Waals surface area contributed by atoms with Gasteiger partial charge in [-0.3, -0.25) is 9.69 Å². The molecular formula is C23H26N4O2S. The van der Waals surface area contributed by atoms with E-state index in [2.05, 4.69) is 44.6 Å². The first-order chi connectivity index (χ1) is 14.8. The van der Waals surface area contributed by atoms with Crippen molar-refractivity contribution in [2.75, 3.05) is 13.1 Å². The number of amides is 1. The minimum atomic E-state index is 0.0831. The maximum Gasteiger partial charge on any atom is 0.241 e. The Morgan fingerprint density at radius 1 is 1.17 bits per heavy atom. The lowest BCUT2D eigenvalue weighted by molar-refractivity contribution is -0.127. The van der Waals surface area contributed by atoms with Gasteiger partial charge in [-0.2, -0.15) is 4.98 Å². The van der Waals surface area contributed by atoms with Gasteiger partial charge < -0.3 is 9.84 Å². The Hall–Kier alpha value is -2.51. The van der Waals surface area contributed by atoms with Crippen molar-refractivity contribution >= 4 is 17.2 Å². The number of hydrogen-bond donors (Lipinski definition) is 1. The number of thiophene rings is 1. The Labute approximate surface area is 180 Å². The molecule has 1 aliphatic heterocycles. The van der Waals surface area contributed by atoms with E-state index in [1.807, 2.05) is 17.5 Å². The predicted molar refractivity (Wildman–Crippen MR) is 116 cm³/mol. The van der Waals surface area contributed by atoms with Gasteiger partial charge in [0.2, 0.25) is 17.6 Å². The number of aryl methyl sites for hydroxylation is 1. The monoisotopic (exact) mass is 422 g/mol. The van der Waals surface area contributed by atoms with Gasteiger partial charge in [-0.1, -0.05) is 35.5 Å². The van der Waals surface area contributed by atoms with Crippen molar-refractivity contribution in [2.24, 2.45) is 5.92 Å². The van der Waals surface area contributed by atoms with Crippen LogP contribution in [0.15, 0.2) is 46.3 Å². The molecule has 5 rings (SSSR count). The van der Waals surface area contributed by atoms with Crippen molar-refractivity contribution in [1.29, 1.82) is 0 Å². The number of hydrogen-bond acceptors (Lipinski definition) is 6. The molecule has 1 N–H and O–H groups in total. The fourth-order valence-corrected chi connectivity index (χ4v) is 5.21. The highest BCUT2D eigenvalue weighted by Gasteiger charge is 2.29. The molecule has 2 aromatic heterocycles. The van der Waals surface area contributed by atoms with Gasteiger partial charge in [-0.25, -0.2) is 0 Å². The standard InChI is InChI=1S/C23H26N4O2S/c28-23(24-19-8-3-6-16-5-1-2-7-18(16)19)17-10-12-27(13-11-17)15-21-25-22(26-29-21)20-9-4-14-30-20/h1-2,4-5,7,9,14,17,19H,3,6,8,10-13,15H2,(H,24,28). The first kappa shape index (κ1) is 19.5. The molecule has 1 amide bonds. The second-order valence-electron chi connectivity index (χ2n) is 8.19. The summed E-state index contributed by atoms with van der Waals surface area (Å²) in [6, 6.07) is 12.7. The number of carbonyl (C=O) groups excluding carboxylic acids is 1. The minimum Gasteiger partial charge on any atom is -0.349 e. The number of likely N-dealkylation sites (tertiary alicyclic amines) is 1. The summed E-state index contributed by atoms with van der Waals surface area (Å²) in [5, 5.41) is 9.42. The molecule has 1 saturated heterocycles. The maximum atomic E-state index is 12.9. The SMILES string of the molecule is O=C(NC1CCCc2ccccc21)C1CCN(Cc2nc(-c3cccs3)no2)CC1. The van der Waals surface area contributed by atoms with Gasteiger partial charge in [0.05, 0.1) is 17.5 Å². The Bertz CT molecular complexity index is 992. The van der Waals surface area contributed by atoms with E-state index in [1.165, 1.54) is 11.1 Å². The number of carbonyl (C=O) groups is 1. The molecule has 6 nitrogen and oxygen atoms in total. The largest absolute Gasteiger partial charge is 0.349 e. The first-order valence-electron chi connectivity index (χ1n) is 10.7. The Morgan fingerprint density at radius 2 is 2.03 bits per heavy atom. The third kappa shape index (κ3) is 4.18. The lowest BCUT2D eigenvalue weighted by atomic mass is 9.87. The highest BCUT2D eigenvalue weighted by atomic mass is 32.1. The summed E-state index contributed by atoms with van der Waals surface area (Å²) in [5.41, 5.74) is 2.68. The molecule has 3 aromatic rings. The zero-order valence-electron chi connectivity index (χ0n) is 16.9. The molecule has 0 bridgehead atoms. The number of nitrogens with one attached hydrogen (secondary N) is 1. The van der Waals surface area contributed by atoms with Gasteiger partial charge in [-0.15, -0.1) is 11.3 Å². The van der Waals surface area contributed by atoms with Crippen molar-refractivity contribution in [1.82, 2.24) is 20.4 Å². The predicted octanol–water partition coefficient (Wildman–Crippen LogP) is 4.20. The number of aromatic nitrogens is 2. The van der Waals surface area contributed by atoms with E-state index in [9.17, 15) is 4.79 Å². The lowest BCUT2D eigenvalue weighted by Gasteiger charge is -2.32. The number of piperidine rings is 1. The van der Waals surface area contributed by atoms with Crippen LogP contribution in [0.2, 0.25) is 0 Å². The summed E-state index contributed by atoms with van der Waals surface area (Å²) < 4.78 is 5.42. The molecule has 2 aliphatic rings. The number of fused-ring (bicyclic) bond motifs is 1. The van der Waals surface area contributed by atoms with Crippen molar-refractivity contribution in [3.63, 3.8) is 0 Å². The van der Waals surface area contributed by atoms with Crippen LogP contribution in [0.25, 0.3) is 10.7 Å². The van der Waals surface area contributed by atoms with Crippen LogP contribution in [0.1, 0.15) is 48.7 Å². The van der Waals surface area contributed by atoms with Gasteiger partial charge in [-0.05, 0) is 67.8 Å². The van der Waals surface area contributed by atoms with E-state index in [0.29, 0.717) is 18.3 Å². The van der Waals surface area contributed by atoms with E-state index in [0.717, 1.165) is 50.1 Å². The Balaban J connectivity index is 1.13. The van der Waals surface area contributed by atoms with E-state index < -0.39 is 0 Å². The summed E-state index contributed by atoms with van der Waals surface area (Å²) in [4.78, 5) is 20.7. The van der Waals surface area contributed by atoms with E-state index in [4.69, 9.17) is 4.52 Å². The fourth-order valence-electron chi connectivity index (χ4n) is 4.56. The Kier molecular flexibility index (Phi) is 5.64. The average molecular weight is 423 g/mol. The molecule has 1 fully saturated rings. The number of rotatable bonds is 5. The van der Waals surface area contributed by atoms with E-state index in [-0.39, 0.29) is 17.9 Å². The summed E-state index contributed by atoms with van der Waals surface area (Å²) in [6.07, 6.45) is 5.02. The quantitative estimate of drug-likeness (QED) is 0.667. The smallest absolute Gasteiger partial charge is 0.241 e. The molecule has 156 valence electrons. The van der Waals surface area contributed by atoms with Crippen LogP contribution in [-0.4, -0.2) is 34.0 Å². The fraction of sp³-hybridized carbons (Fsp3) is 0.435. The third-order valence-electron chi connectivity index (χ3n) is 6.21. The number of benzene rings is 1. The van der Waals surface area contributed by atoms with E-state index in [1.54, 1.807) is 11.3 Å². The van der Waals surface area contributed by atoms with Crippen molar-refractivity contribution in [3.8, 4) is 10.7 Å². The minimum absolute atomic E-state index is 0.0831. The van der Waals surface area contributed by atoms with Crippen molar-refractivity contribution in [2.45, 2.75) is 44.7 Å². The molecule has 0 saturated carbocycles. The molecule has 0 spiro atoms. The topological polar surface area (TPSA) is 71.3 Å². The summed E-state index contributed by atoms with van der Waals surface area (Å²) in [6.45, 7) is 2.38. The van der Waals surface area contributed by atoms with Crippen LogP contribution in [0, 0.1) is 5.92 Å². The molecule has 1 unspecified atom stereocenters. The molecular weight excluding hydrogens is 396 g/mol. The van der Waals surface area contributed by atoms with Gasteiger partial charge in [0.1, 0.15) is 0 Å². The normalized spacial score (nSPS) is 20.1. The average Bonchev–Trinajstić information content (AvgIpc) is 3.47. The van der Waals surface area contributed by atoms with Crippen LogP contribution < -0.4 is 5.32 Å². The van der Waals surface area contributed by atoms with Gasteiger partial charge in [0.15, 0.2) is 0 Å². The molecule has 1 aromatic carbocycles. The van der Waals surface area contributed by atoms with Crippen molar-refractivity contribution in [3.05, 3.63) is 58.8 Å². The first-order valence-corrected chi connectivity index (χ1v) is 11.6. The van der Waals surface area contributed by atoms with Crippen LogP contribution in [0.3, 0.4) is 0 Å². The maximum absolute atomic E-state index is 12.9. The van der Waals surface area contributed by atoms with Gasteiger partial charge >= 0.3 is 0 Å². The number of nitrogens with zero attached hydrogens (tertiary/aromatic N) is 3. The third-order valence-corrected chi connectivity index (χ3v) is 7.08. The molecule has 1 aliphatic carbocycles. The summed E-state index contributed by atoms with van der Waals surface area (Å²) >= 11 is 1.61. The van der Waals surface area contributed by atoms with Crippen LogP contribution in [-0.2, 0) is 17.8 Å². The second-order valence-corrected chi connectivity index (χ2v) is 9.14.